The van der Waals surface area contributed by atoms with Crippen molar-refractivity contribution in [2.45, 2.75) is 0 Å². The van der Waals surface area contributed by atoms with Gasteiger partial charge < -0.3 is 9.47 Å². The Kier molecular flexibility index (Phi) is 8.05. The van der Waals surface area contributed by atoms with Crippen LogP contribution in [0.3, 0.4) is 0 Å². The predicted molar refractivity (Wildman–Crippen MR) is 105 cm³/mol. The maximum absolute atomic E-state index is 11.9. The summed E-state index contributed by atoms with van der Waals surface area (Å²) in [5.74, 6) is 0.891. The second-order valence-electron chi connectivity index (χ2n) is 5.12. The van der Waals surface area contributed by atoms with Crippen molar-refractivity contribution in [1.29, 1.82) is 0 Å². The normalized spacial score (nSPS) is 10.4. The van der Waals surface area contributed by atoms with Gasteiger partial charge in [-0.1, -0.05) is 6.08 Å². The molecular weight excluding hydrogens is 366 g/mol. The molecule has 0 aliphatic carbocycles. The molecule has 1 heterocycles. The van der Waals surface area contributed by atoms with Crippen LogP contribution in [0.1, 0.15) is 15.9 Å². The molecule has 1 N–H and O–H groups in total. The van der Waals surface area contributed by atoms with Crippen LogP contribution in [0.2, 0.25) is 0 Å². The zero-order valence-corrected chi connectivity index (χ0v) is 15.6. The molecule has 8 heteroatoms. The van der Waals surface area contributed by atoms with E-state index in [1.54, 1.807) is 36.4 Å². The summed E-state index contributed by atoms with van der Waals surface area (Å²) in [6.07, 6.45) is 6.24. The molecule has 1 aromatic carbocycles. The molecule has 1 amide bonds. The first-order valence-electron chi connectivity index (χ1n) is 7.95. The number of carbonyl (C=O) groups is 2. The van der Waals surface area contributed by atoms with E-state index in [1.165, 1.54) is 37.5 Å². The van der Waals surface area contributed by atoms with E-state index in [-0.39, 0.29) is 17.6 Å². The van der Waals surface area contributed by atoms with Crippen LogP contribution in [0, 0.1) is 0 Å². The smallest absolute Gasteiger partial charge is 0.321 e. The Labute approximate surface area is 161 Å². The number of carbonyl (C=O) groups excluding carboxylic acids is 2. The predicted octanol–water partition coefficient (Wildman–Crippen LogP) is 2.68. The van der Waals surface area contributed by atoms with E-state index in [2.05, 4.69) is 22.1 Å². The summed E-state index contributed by atoms with van der Waals surface area (Å²) in [5.41, 5.74) is 3.55. The Balaban J connectivity index is 1.97. The zero-order chi connectivity index (χ0) is 19.5. The number of thioether (sulfide) groups is 1. The molecule has 140 valence electrons. The second-order valence-corrected chi connectivity index (χ2v) is 6.15. The van der Waals surface area contributed by atoms with Crippen molar-refractivity contribution >= 4 is 29.9 Å². The SMILES string of the molecule is C=CCSCC(=O)Oc1ccc(/C=N/NC(=O)c2ccncc2)cc1OC. The average Bonchev–Trinajstić information content (AvgIpc) is 2.69. The number of amides is 1. The highest BCUT2D eigenvalue weighted by Crippen LogP contribution is 2.28. The van der Waals surface area contributed by atoms with Gasteiger partial charge in [0, 0.05) is 23.7 Å². The summed E-state index contributed by atoms with van der Waals surface area (Å²) in [5, 5.41) is 3.91. The van der Waals surface area contributed by atoms with Crippen LogP contribution in [-0.4, -0.2) is 41.7 Å². The van der Waals surface area contributed by atoms with Crippen LogP contribution in [0.15, 0.2) is 60.5 Å². The first kappa shape index (κ1) is 20.2. The summed E-state index contributed by atoms with van der Waals surface area (Å²) in [7, 11) is 1.48. The third kappa shape index (κ3) is 6.59. The fourth-order valence-corrected chi connectivity index (χ4v) is 2.47. The lowest BCUT2D eigenvalue weighted by Gasteiger charge is -2.09. The number of nitrogens with one attached hydrogen (secondary N) is 1. The molecular formula is C19H19N3O4S. The minimum Gasteiger partial charge on any atom is -0.493 e. The number of hydrazone groups is 1. The quantitative estimate of drug-likeness (QED) is 0.178. The lowest BCUT2D eigenvalue weighted by molar-refractivity contribution is -0.131. The van der Waals surface area contributed by atoms with Crippen LogP contribution in [0.25, 0.3) is 0 Å². The summed E-state index contributed by atoms with van der Waals surface area (Å²) >= 11 is 1.41. The van der Waals surface area contributed by atoms with E-state index in [0.29, 0.717) is 28.4 Å². The minimum atomic E-state index is -0.369. The van der Waals surface area contributed by atoms with Crippen molar-refractivity contribution in [1.82, 2.24) is 10.4 Å². The fourth-order valence-electron chi connectivity index (χ4n) is 1.96. The maximum Gasteiger partial charge on any atom is 0.321 e. The van der Waals surface area contributed by atoms with Crippen LogP contribution in [0.5, 0.6) is 11.5 Å². The number of esters is 1. The molecule has 0 spiro atoms. The van der Waals surface area contributed by atoms with E-state index < -0.39 is 0 Å². The van der Waals surface area contributed by atoms with E-state index in [4.69, 9.17) is 9.47 Å². The van der Waals surface area contributed by atoms with Gasteiger partial charge in [-0.3, -0.25) is 14.6 Å². The van der Waals surface area contributed by atoms with Gasteiger partial charge in [0.1, 0.15) is 0 Å². The number of rotatable bonds is 9. The number of ether oxygens (including phenoxy) is 2. The molecule has 0 fully saturated rings. The highest BCUT2D eigenvalue weighted by molar-refractivity contribution is 8.00. The second kappa shape index (κ2) is 10.8. The highest BCUT2D eigenvalue weighted by atomic mass is 32.2. The fraction of sp³-hybridized carbons (Fsp3) is 0.158. The molecule has 0 saturated carbocycles. The molecule has 0 atom stereocenters. The Morgan fingerprint density at radius 1 is 1.26 bits per heavy atom. The molecule has 0 aliphatic heterocycles. The van der Waals surface area contributed by atoms with Gasteiger partial charge in [0.2, 0.25) is 0 Å². The van der Waals surface area contributed by atoms with E-state index in [0.717, 1.165) is 0 Å². The van der Waals surface area contributed by atoms with Crippen LogP contribution in [-0.2, 0) is 4.79 Å². The molecule has 0 aliphatic rings. The van der Waals surface area contributed by atoms with Gasteiger partial charge in [-0.15, -0.1) is 18.3 Å². The molecule has 27 heavy (non-hydrogen) atoms. The van der Waals surface area contributed by atoms with Gasteiger partial charge in [-0.2, -0.15) is 5.10 Å². The van der Waals surface area contributed by atoms with E-state index >= 15 is 0 Å². The largest absolute Gasteiger partial charge is 0.493 e. The van der Waals surface area contributed by atoms with Crippen LogP contribution >= 0.6 is 11.8 Å². The van der Waals surface area contributed by atoms with Gasteiger partial charge in [0.05, 0.1) is 19.1 Å². The van der Waals surface area contributed by atoms with Crippen molar-refractivity contribution in [2.24, 2.45) is 5.10 Å². The molecule has 0 saturated heterocycles. The summed E-state index contributed by atoms with van der Waals surface area (Å²) in [6, 6.07) is 8.14. The maximum atomic E-state index is 11.9. The molecule has 7 nitrogen and oxygen atoms in total. The summed E-state index contributed by atoms with van der Waals surface area (Å²) in [6.45, 7) is 3.60. The van der Waals surface area contributed by atoms with Crippen molar-refractivity contribution < 1.29 is 19.1 Å². The van der Waals surface area contributed by atoms with Crippen molar-refractivity contribution in [2.75, 3.05) is 18.6 Å². The number of benzene rings is 1. The van der Waals surface area contributed by atoms with Gasteiger partial charge in [-0.05, 0) is 35.9 Å². The van der Waals surface area contributed by atoms with Crippen molar-refractivity contribution in [3.05, 3.63) is 66.5 Å². The minimum absolute atomic E-state index is 0.222. The van der Waals surface area contributed by atoms with Gasteiger partial charge in [0.25, 0.3) is 5.91 Å². The summed E-state index contributed by atoms with van der Waals surface area (Å²) in [4.78, 5) is 27.6. The van der Waals surface area contributed by atoms with Crippen LogP contribution < -0.4 is 14.9 Å². The molecule has 0 bridgehead atoms. The van der Waals surface area contributed by atoms with Crippen molar-refractivity contribution in [3.63, 3.8) is 0 Å². The van der Waals surface area contributed by atoms with Crippen LogP contribution in [0.4, 0.5) is 0 Å². The molecule has 2 aromatic rings. The van der Waals surface area contributed by atoms with Gasteiger partial charge >= 0.3 is 5.97 Å². The first-order valence-corrected chi connectivity index (χ1v) is 9.10. The molecule has 1 aromatic heterocycles. The number of aromatic nitrogens is 1. The van der Waals surface area contributed by atoms with Gasteiger partial charge in [-0.25, -0.2) is 5.43 Å². The third-order valence-electron chi connectivity index (χ3n) is 3.19. The lowest BCUT2D eigenvalue weighted by atomic mass is 10.2. The average molecular weight is 385 g/mol. The van der Waals surface area contributed by atoms with E-state index in [9.17, 15) is 9.59 Å². The zero-order valence-electron chi connectivity index (χ0n) is 14.8. The van der Waals surface area contributed by atoms with E-state index in [1.807, 2.05) is 0 Å². The number of hydrogen-bond donors (Lipinski definition) is 1. The molecule has 2 rings (SSSR count). The Morgan fingerprint density at radius 2 is 2.04 bits per heavy atom. The lowest BCUT2D eigenvalue weighted by Crippen LogP contribution is -2.17. The standard InChI is InChI=1S/C19H19N3O4S/c1-3-10-27-13-18(23)26-16-5-4-14(11-17(16)25-2)12-21-22-19(24)15-6-8-20-9-7-15/h3-9,11-12H,1,10,13H2,2H3,(H,22,24)/b21-12+. The first-order chi connectivity index (χ1) is 13.1. The number of hydrogen-bond acceptors (Lipinski definition) is 7. The number of methoxy groups -OCH3 is 1. The third-order valence-corrected chi connectivity index (χ3v) is 4.10. The molecule has 0 unspecified atom stereocenters. The number of pyridine rings is 1. The molecule has 0 radical (unpaired) electrons. The Bertz CT molecular complexity index is 825. The highest BCUT2D eigenvalue weighted by Gasteiger charge is 2.10. The van der Waals surface area contributed by atoms with Crippen molar-refractivity contribution in [3.8, 4) is 11.5 Å². The summed E-state index contributed by atoms with van der Waals surface area (Å²) < 4.78 is 10.6. The number of nitrogens with zero attached hydrogens (tertiary/aromatic N) is 2. The topological polar surface area (TPSA) is 89.9 Å². The monoisotopic (exact) mass is 385 g/mol. The Morgan fingerprint density at radius 3 is 2.74 bits per heavy atom. The Hall–Kier alpha value is -3.13. The van der Waals surface area contributed by atoms with Gasteiger partial charge in [0.15, 0.2) is 11.5 Å².